The highest BCUT2D eigenvalue weighted by Crippen LogP contribution is 2.29. The first-order valence-corrected chi connectivity index (χ1v) is 8.25. The zero-order valence-corrected chi connectivity index (χ0v) is 14.2. The minimum Gasteiger partial charge on any atom is -0.394 e. The molecule has 0 unspecified atom stereocenters. The summed E-state index contributed by atoms with van der Waals surface area (Å²) in [7, 11) is 0. The fourth-order valence-electron chi connectivity index (χ4n) is 2.82. The van der Waals surface area contributed by atoms with E-state index in [2.05, 4.69) is 11.2 Å². The number of terminal acetylenes is 1. The summed E-state index contributed by atoms with van der Waals surface area (Å²) in [5, 5.41) is 41.9. The van der Waals surface area contributed by atoms with Crippen LogP contribution in [0, 0.1) is 12.3 Å². The third-order valence-corrected chi connectivity index (χ3v) is 4.23. The van der Waals surface area contributed by atoms with E-state index in [1.165, 1.54) is 6.08 Å². The van der Waals surface area contributed by atoms with Crippen molar-refractivity contribution in [1.29, 1.82) is 0 Å². The largest absolute Gasteiger partial charge is 0.394 e. The maximum atomic E-state index is 12.0. The molecule has 2 rings (SSSR count). The van der Waals surface area contributed by atoms with Crippen LogP contribution in [0.5, 0.6) is 0 Å². The van der Waals surface area contributed by atoms with Crippen molar-refractivity contribution >= 4 is 11.5 Å². The Morgan fingerprint density at radius 2 is 1.81 bits per heavy atom. The van der Waals surface area contributed by atoms with Gasteiger partial charge in [-0.25, -0.2) is 0 Å². The maximum absolute atomic E-state index is 12.0. The lowest BCUT2D eigenvalue weighted by Gasteiger charge is -2.40. The molecular weight excluding hydrogens is 338 g/mol. The van der Waals surface area contributed by atoms with Gasteiger partial charge in [-0.15, -0.1) is 6.42 Å². The van der Waals surface area contributed by atoms with Crippen LogP contribution in [-0.2, 0) is 9.53 Å². The van der Waals surface area contributed by atoms with Crippen molar-refractivity contribution < 1.29 is 30.0 Å². The van der Waals surface area contributed by atoms with Gasteiger partial charge in [0.1, 0.15) is 24.4 Å². The standard InChI is InChI=1S/C19H23NO6/c1-2-8-20-16(22)10-13(12-6-4-3-5-7-12)9-14-17(23)19(25)18(24)15(11-21)26-14/h1,3-7,10,14-15,17-19,21,23-25H,8-9,11H2,(H,20,22)/b13-10+/t14-,15+,17-,18-,19+/m0/s1. The number of hydrogen-bond acceptors (Lipinski definition) is 6. The molecule has 0 radical (unpaired) electrons. The third kappa shape index (κ3) is 4.91. The van der Waals surface area contributed by atoms with Gasteiger partial charge in [0, 0.05) is 12.5 Å². The molecule has 7 heteroatoms. The van der Waals surface area contributed by atoms with Crippen LogP contribution in [0.4, 0.5) is 0 Å². The second-order valence-electron chi connectivity index (χ2n) is 6.03. The molecule has 5 N–H and O–H groups in total. The van der Waals surface area contributed by atoms with Crippen molar-refractivity contribution in [3.63, 3.8) is 0 Å². The molecule has 0 aliphatic carbocycles. The van der Waals surface area contributed by atoms with Gasteiger partial charge in [-0.3, -0.25) is 4.79 Å². The van der Waals surface area contributed by atoms with Crippen molar-refractivity contribution in [2.24, 2.45) is 0 Å². The number of carbonyl (C=O) groups is 1. The molecule has 0 aromatic heterocycles. The second-order valence-corrected chi connectivity index (χ2v) is 6.03. The number of amides is 1. The van der Waals surface area contributed by atoms with Crippen molar-refractivity contribution in [2.45, 2.75) is 36.9 Å². The minimum atomic E-state index is -1.46. The predicted molar refractivity (Wildman–Crippen MR) is 94.6 cm³/mol. The highest BCUT2D eigenvalue weighted by Gasteiger charge is 2.43. The van der Waals surface area contributed by atoms with Gasteiger partial charge in [0.05, 0.1) is 19.3 Å². The molecule has 1 saturated heterocycles. The molecule has 7 nitrogen and oxygen atoms in total. The van der Waals surface area contributed by atoms with Crippen molar-refractivity contribution in [3.8, 4) is 12.3 Å². The Morgan fingerprint density at radius 3 is 2.42 bits per heavy atom. The molecular formula is C19H23NO6. The molecule has 1 heterocycles. The lowest BCUT2D eigenvalue weighted by molar-refractivity contribution is -0.227. The quantitative estimate of drug-likeness (QED) is 0.329. The number of aliphatic hydroxyl groups is 4. The smallest absolute Gasteiger partial charge is 0.245 e. The van der Waals surface area contributed by atoms with Crippen LogP contribution in [-0.4, -0.2) is 70.0 Å². The molecule has 26 heavy (non-hydrogen) atoms. The molecule has 5 atom stereocenters. The average Bonchev–Trinajstić information content (AvgIpc) is 2.66. The van der Waals surface area contributed by atoms with Gasteiger partial charge < -0.3 is 30.5 Å². The molecule has 0 bridgehead atoms. The number of carbonyl (C=O) groups excluding carboxylic acids is 1. The van der Waals surface area contributed by atoms with E-state index in [0.717, 1.165) is 5.56 Å². The van der Waals surface area contributed by atoms with E-state index in [0.29, 0.717) is 5.57 Å². The molecule has 1 fully saturated rings. The summed E-state index contributed by atoms with van der Waals surface area (Å²) in [6, 6.07) is 9.02. The van der Waals surface area contributed by atoms with Crippen LogP contribution >= 0.6 is 0 Å². The maximum Gasteiger partial charge on any atom is 0.245 e. The molecule has 0 spiro atoms. The lowest BCUT2D eigenvalue weighted by atomic mass is 9.89. The third-order valence-electron chi connectivity index (χ3n) is 4.23. The van der Waals surface area contributed by atoms with Crippen LogP contribution in [0.25, 0.3) is 5.57 Å². The highest BCUT2D eigenvalue weighted by molar-refractivity contribution is 5.95. The number of benzene rings is 1. The van der Waals surface area contributed by atoms with Crippen LogP contribution in [0.2, 0.25) is 0 Å². The second kappa shape index (κ2) is 9.48. The molecule has 1 aromatic carbocycles. The average molecular weight is 361 g/mol. The van der Waals surface area contributed by atoms with E-state index < -0.39 is 43.0 Å². The number of rotatable bonds is 6. The summed E-state index contributed by atoms with van der Waals surface area (Å²) >= 11 is 0. The van der Waals surface area contributed by atoms with Crippen molar-refractivity contribution in [2.75, 3.05) is 13.2 Å². The Bertz CT molecular complexity index is 666. The molecule has 1 aliphatic heterocycles. The number of ether oxygens (including phenoxy) is 1. The van der Waals surface area contributed by atoms with Crippen LogP contribution < -0.4 is 5.32 Å². The van der Waals surface area contributed by atoms with Crippen LogP contribution in [0.1, 0.15) is 12.0 Å². The van der Waals surface area contributed by atoms with Crippen LogP contribution in [0.3, 0.4) is 0 Å². The molecule has 1 aromatic rings. The first-order valence-electron chi connectivity index (χ1n) is 8.25. The van der Waals surface area contributed by atoms with E-state index in [-0.39, 0.29) is 13.0 Å². The molecule has 0 saturated carbocycles. The summed E-state index contributed by atoms with van der Waals surface area (Å²) in [4.78, 5) is 12.0. The zero-order valence-electron chi connectivity index (χ0n) is 14.2. The van der Waals surface area contributed by atoms with E-state index in [1.807, 2.05) is 6.07 Å². The molecule has 1 amide bonds. The summed E-state index contributed by atoms with van der Waals surface area (Å²) in [5.41, 5.74) is 1.30. The first kappa shape index (κ1) is 20.1. The van der Waals surface area contributed by atoms with Crippen molar-refractivity contribution in [1.82, 2.24) is 5.32 Å². The summed E-state index contributed by atoms with van der Waals surface area (Å²) < 4.78 is 5.53. The van der Waals surface area contributed by atoms with Gasteiger partial charge in [-0.2, -0.15) is 0 Å². The predicted octanol–water partition coefficient (Wildman–Crippen LogP) is -0.948. The summed E-state index contributed by atoms with van der Waals surface area (Å²) in [5.74, 6) is 1.91. The Balaban J connectivity index is 2.24. The molecule has 1 aliphatic rings. The van der Waals surface area contributed by atoms with E-state index in [1.54, 1.807) is 24.3 Å². The molecule has 140 valence electrons. The van der Waals surface area contributed by atoms with Gasteiger partial charge in [0.25, 0.3) is 0 Å². The Morgan fingerprint density at radius 1 is 1.15 bits per heavy atom. The van der Waals surface area contributed by atoms with Gasteiger partial charge >= 0.3 is 0 Å². The Hall–Kier alpha value is -2.21. The number of hydrogen-bond donors (Lipinski definition) is 5. The fraction of sp³-hybridized carbons (Fsp3) is 0.421. The SMILES string of the molecule is C#CCNC(=O)/C=C(\C[C@@H]1O[C@H](CO)[C@H](O)[C@H](O)[C@H]1O)c1ccccc1. The topological polar surface area (TPSA) is 119 Å². The monoisotopic (exact) mass is 361 g/mol. The van der Waals surface area contributed by atoms with E-state index in [4.69, 9.17) is 11.2 Å². The zero-order chi connectivity index (χ0) is 19.1. The van der Waals surface area contributed by atoms with E-state index in [9.17, 15) is 25.2 Å². The van der Waals surface area contributed by atoms with Gasteiger partial charge in [-0.1, -0.05) is 36.3 Å². The first-order chi connectivity index (χ1) is 12.5. The van der Waals surface area contributed by atoms with Crippen LogP contribution in [0.15, 0.2) is 36.4 Å². The fourth-order valence-corrected chi connectivity index (χ4v) is 2.82. The summed E-state index contributed by atoms with van der Waals surface area (Å²) in [6.45, 7) is -0.425. The Labute approximate surface area is 151 Å². The van der Waals surface area contributed by atoms with E-state index >= 15 is 0 Å². The number of nitrogens with one attached hydrogen (secondary N) is 1. The normalized spacial score (nSPS) is 29.0. The van der Waals surface area contributed by atoms with Gasteiger partial charge in [-0.05, 0) is 11.1 Å². The highest BCUT2D eigenvalue weighted by atomic mass is 16.5. The van der Waals surface area contributed by atoms with Crippen molar-refractivity contribution in [3.05, 3.63) is 42.0 Å². The van der Waals surface area contributed by atoms with Gasteiger partial charge in [0.2, 0.25) is 5.91 Å². The lowest BCUT2D eigenvalue weighted by Crippen LogP contribution is -2.58. The Kier molecular flexibility index (Phi) is 7.33. The minimum absolute atomic E-state index is 0.0808. The summed E-state index contributed by atoms with van der Waals surface area (Å²) in [6.07, 6.45) is 0.430. The van der Waals surface area contributed by atoms with Gasteiger partial charge in [0.15, 0.2) is 0 Å². The number of aliphatic hydroxyl groups excluding tert-OH is 4.